The number of nitrogens with zero attached hydrogens (tertiary/aromatic N) is 3. The first-order chi connectivity index (χ1) is 16.9. The Bertz CT molecular complexity index is 1710. The molecular weight excluding hydrogens is 442 g/mol. The summed E-state index contributed by atoms with van der Waals surface area (Å²) in [4.78, 5) is 34.0. The number of benzene rings is 3. The van der Waals surface area contributed by atoms with Crippen LogP contribution in [0.25, 0.3) is 21.8 Å². The van der Waals surface area contributed by atoms with E-state index in [1.54, 1.807) is 36.4 Å². The number of esters is 1. The Morgan fingerprint density at radius 3 is 2.11 bits per heavy atom. The van der Waals surface area contributed by atoms with Crippen molar-refractivity contribution in [1.29, 1.82) is 0 Å². The average Bonchev–Trinajstić information content (AvgIpc) is 3.17. The van der Waals surface area contributed by atoms with Gasteiger partial charge in [0.2, 0.25) is 0 Å². The minimum atomic E-state index is -1.37. The second-order valence-electron chi connectivity index (χ2n) is 8.67. The highest BCUT2D eigenvalue weighted by atomic mass is 16.6. The molecule has 0 spiro atoms. The smallest absolute Gasteiger partial charge is 0.340 e. The summed E-state index contributed by atoms with van der Waals surface area (Å²) >= 11 is 0. The maximum Gasteiger partial charge on any atom is 0.340 e. The fourth-order valence-electron chi connectivity index (χ4n) is 5.05. The number of nitroso groups, excluding NO2 is 1. The van der Waals surface area contributed by atoms with Crippen LogP contribution in [0.15, 0.2) is 78.0 Å². The topological polar surface area (TPSA) is 102 Å². The van der Waals surface area contributed by atoms with Crippen molar-refractivity contribution in [2.24, 2.45) is 5.18 Å². The van der Waals surface area contributed by atoms with Gasteiger partial charge in [-0.1, -0.05) is 36.4 Å². The van der Waals surface area contributed by atoms with Gasteiger partial charge in [-0.3, -0.25) is 4.98 Å². The third-order valence-electron chi connectivity index (χ3n) is 6.58. The minimum Gasteiger partial charge on any atom is -0.506 e. The number of ether oxygens (including phenoxy) is 1. The number of aromatic hydroxyl groups is 1. The number of phenolic OH excluding ortho intramolecular Hbond substituents is 1. The van der Waals surface area contributed by atoms with Gasteiger partial charge in [0.15, 0.2) is 5.60 Å². The summed E-state index contributed by atoms with van der Waals surface area (Å²) in [6.45, 7) is 3.68. The van der Waals surface area contributed by atoms with Crippen molar-refractivity contribution in [3.63, 3.8) is 0 Å². The van der Waals surface area contributed by atoms with E-state index in [2.05, 4.69) is 15.1 Å². The average molecular weight is 461 g/mol. The number of pyridine rings is 2. The molecule has 1 unspecified atom stereocenters. The van der Waals surface area contributed by atoms with Gasteiger partial charge in [-0.05, 0) is 55.4 Å². The van der Waals surface area contributed by atoms with Crippen LogP contribution in [0.1, 0.15) is 38.4 Å². The molecule has 0 amide bonds. The Balaban J connectivity index is 1.81. The molecule has 35 heavy (non-hydrogen) atoms. The summed E-state index contributed by atoms with van der Waals surface area (Å²) < 4.78 is 6.30. The largest absolute Gasteiger partial charge is 0.506 e. The van der Waals surface area contributed by atoms with Crippen LogP contribution in [-0.2, 0) is 10.3 Å². The molecule has 1 aliphatic rings. The number of aryl methyl sites for hydroxylation is 2. The predicted molar refractivity (Wildman–Crippen MR) is 132 cm³/mol. The van der Waals surface area contributed by atoms with E-state index < -0.39 is 11.6 Å². The molecule has 3 aromatic carbocycles. The summed E-state index contributed by atoms with van der Waals surface area (Å²) in [6.07, 6.45) is 0. The zero-order valence-electron chi connectivity index (χ0n) is 18.9. The Morgan fingerprint density at radius 2 is 1.40 bits per heavy atom. The normalized spacial score (nSPS) is 16.9. The molecule has 0 radical (unpaired) electrons. The Labute approximate surface area is 200 Å². The van der Waals surface area contributed by atoms with Gasteiger partial charge in [0.05, 0.1) is 5.56 Å². The predicted octanol–water partition coefficient (Wildman–Crippen LogP) is 5.97. The lowest BCUT2D eigenvalue weighted by molar-refractivity contribution is 0.0260. The number of carbonyl (C=O) groups is 1. The number of carbonyl (C=O) groups excluding carboxylic acids is 1. The van der Waals surface area contributed by atoms with E-state index in [-0.39, 0.29) is 11.4 Å². The molecule has 1 atom stereocenters. The molecule has 0 saturated heterocycles. The van der Waals surface area contributed by atoms with Crippen molar-refractivity contribution in [3.05, 3.63) is 111 Å². The van der Waals surface area contributed by atoms with Crippen LogP contribution in [0.4, 0.5) is 5.69 Å². The van der Waals surface area contributed by atoms with Gasteiger partial charge < -0.3 is 9.84 Å². The fourth-order valence-corrected chi connectivity index (χ4v) is 5.05. The van der Waals surface area contributed by atoms with Crippen molar-refractivity contribution < 1.29 is 14.6 Å². The first-order valence-electron chi connectivity index (χ1n) is 11.1. The van der Waals surface area contributed by atoms with Crippen molar-refractivity contribution in [2.45, 2.75) is 19.4 Å². The molecule has 0 aliphatic carbocycles. The standard InChI is InChI=1S/C28H19N3O4/c1-15-7-9-17-21(11-13-23(31-34)25(17)29-15)28(20-6-4-3-5-19(20)27(33)35-28)22-12-14-24(32)26-18(22)10-8-16(2)30-26/h3-14,32H,1-2H3. The lowest BCUT2D eigenvalue weighted by Gasteiger charge is -2.32. The van der Waals surface area contributed by atoms with E-state index in [0.717, 1.165) is 11.4 Å². The minimum absolute atomic E-state index is 0.0304. The first kappa shape index (κ1) is 20.9. The fraction of sp³-hybridized carbons (Fsp3) is 0.107. The lowest BCUT2D eigenvalue weighted by atomic mass is 9.77. The Morgan fingerprint density at radius 1 is 0.771 bits per heavy atom. The number of cyclic esters (lactones) is 1. The van der Waals surface area contributed by atoms with Gasteiger partial charge in [0.1, 0.15) is 22.5 Å². The maximum absolute atomic E-state index is 13.2. The second-order valence-corrected chi connectivity index (χ2v) is 8.67. The molecule has 5 aromatic rings. The molecule has 1 N–H and O–H groups in total. The SMILES string of the molecule is Cc1ccc2c(C3(c4ccc(N=O)c5nc(C)ccc45)OC(=O)c4ccccc43)ccc(O)c2n1. The molecule has 0 saturated carbocycles. The molecule has 0 bridgehead atoms. The van der Waals surface area contributed by atoms with E-state index in [9.17, 15) is 14.8 Å². The molecule has 7 nitrogen and oxygen atoms in total. The lowest BCUT2D eigenvalue weighted by Crippen LogP contribution is -2.30. The molecule has 7 heteroatoms. The molecule has 1 aliphatic heterocycles. The van der Waals surface area contributed by atoms with Gasteiger partial charge in [-0.15, -0.1) is 4.91 Å². The first-order valence-corrected chi connectivity index (χ1v) is 11.1. The number of aromatic nitrogens is 2. The molecule has 0 fully saturated rings. The monoisotopic (exact) mass is 461 g/mol. The van der Waals surface area contributed by atoms with E-state index in [1.807, 2.05) is 50.2 Å². The number of fused-ring (bicyclic) bond motifs is 3. The quantitative estimate of drug-likeness (QED) is 0.263. The number of hydrogen-bond acceptors (Lipinski definition) is 7. The van der Waals surface area contributed by atoms with E-state index in [0.29, 0.717) is 44.1 Å². The van der Waals surface area contributed by atoms with Crippen LogP contribution in [0.2, 0.25) is 0 Å². The van der Waals surface area contributed by atoms with E-state index in [1.165, 1.54) is 0 Å². The van der Waals surface area contributed by atoms with Crippen LogP contribution >= 0.6 is 0 Å². The van der Waals surface area contributed by atoms with Crippen LogP contribution < -0.4 is 0 Å². The number of rotatable bonds is 3. The van der Waals surface area contributed by atoms with Gasteiger partial charge in [-0.2, -0.15) is 0 Å². The highest BCUT2D eigenvalue weighted by Gasteiger charge is 2.50. The van der Waals surface area contributed by atoms with Crippen LogP contribution in [0, 0.1) is 18.8 Å². The molecule has 3 heterocycles. The second kappa shape index (κ2) is 7.43. The number of hydrogen-bond donors (Lipinski definition) is 1. The van der Waals surface area contributed by atoms with Crippen molar-refractivity contribution in [2.75, 3.05) is 0 Å². The van der Waals surface area contributed by atoms with Crippen LogP contribution in [0.3, 0.4) is 0 Å². The highest BCUT2D eigenvalue weighted by Crippen LogP contribution is 2.51. The molecule has 170 valence electrons. The zero-order valence-corrected chi connectivity index (χ0v) is 18.9. The van der Waals surface area contributed by atoms with Gasteiger partial charge in [0.25, 0.3) is 0 Å². The van der Waals surface area contributed by atoms with Crippen molar-refractivity contribution in [3.8, 4) is 5.75 Å². The van der Waals surface area contributed by atoms with Gasteiger partial charge >= 0.3 is 5.97 Å². The Hall–Kier alpha value is -4.65. The summed E-state index contributed by atoms with van der Waals surface area (Å²) in [5.74, 6) is -0.435. The van der Waals surface area contributed by atoms with Crippen molar-refractivity contribution >= 4 is 33.5 Å². The van der Waals surface area contributed by atoms with E-state index >= 15 is 0 Å². The molecule has 2 aromatic heterocycles. The maximum atomic E-state index is 13.2. The Kier molecular flexibility index (Phi) is 4.44. The summed E-state index contributed by atoms with van der Waals surface area (Å²) in [7, 11) is 0. The van der Waals surface area contributed by atoms with Gasteiger partial charge in [0, 0.05) is 38.9 Å². The van der Waals surface area contributed by atoms with Crippen LogP contribution in [-0.4, -0.2) is 21.0 Å². The highest BCUT2D eigenvalue weighted by molar-refractivity contribution is 6.01. The summed E-state index contributed by atoms with van der Waals surface area (Å²) in [5, 5.41) is 15.1. The van der Waals surface area contributed by atoms with Crippen LogP contribution in [0.5, 0.6) is 5.75 Å². The van der Waals surface area contributed by atoms with Crippen molar-refractivity contribution in [1.82, 2.24) is 9.97 Å². The summed E-state index contributed by atoms with van der Waals surface area (Å²) in [5.41, 5.74) is 3.53. The van der Waals surface area contributed by atoms with E-state index in [4.69, 9.17) is 4.74 Å². The molecule has 6 rings (SSSR count). The molecular formula is C28H19N3O4. The zero-order chi connectivity index (χ0) is 24.3. The third-order valence-corrected chi connectivity index (χ3v) is 6.58. The third kappa shape index (κ3) is 2.88. The summed E-state index contributed by atoms with van der Waals surface area (Å²) in [6, 6.07) is 21.3. The number of phenols is 1. The van der Waals surface area contributed by atoms with Gasteiger partial charge in [-0.25, -0.2) is 9.78 Å².